The first-order valence-electron chi connectivity index (χ1n) is 8.09. The Labute approximate surface area is 116 Å². The Bertz CT molecular complexity index is 315. The maximum Gasteiger partial charge on any atom is 0.221 e. The Morgan fingerprint density at radius 1 is 1.11 bits per heavy atom. The van der Waals surface area contributed by atoms with E-state index in [2.05, 4.69) is 24.5 Å². The van der Waals surface area contributed by atoms with Gasteiger partial charge in [-0.3, -0.25) is 4.79 Å². The van der Waals surface area contributed by atoms with Gasteiger partial charge in [0.1, 0.15) is 0 Å². The zero-order valence-corrected chi connectivity index (χ0v) is 12.4. The first-order chi connectivity index (χ1) is 9.05. The van der Waals surface area contributed by atoms with Gasteiger partial charge in [0.05, 0.1) is 0 Å². The third-order valence-corrected chi connectivity index (χ3v) is 5.35. The Hall–Kier alpha value is -0.570. The molecule has 4 bridgehead atoms. The van der Waals surface area contributed by atoms with Gasteiger partial charge in [0.25, 0.3) is 0 Å². The minimum atomic E-state index is 0.184. The quantitative estimate of drug-likeness (QED) is 0.801. The zero-order chi connectivity index (χ0) is 13.5. The van der Waals surface area contributed by atoms with Gasteiger partial charge < -0.3 is 10.6 Å². The summed E-state index contributed by atoms with van der Waals surface area (Å²) in [6, 6.07) is 0.465. The van der Waals surface area contributed by atoms with E-state index in [0.717, 1.165) is 24.3 Å². The lowest BCUT2D eigenvalue weighted by atomic mass is 9.53. The third-order valence-electron chi connectivity index (χ3n) is 5.35. The van der Waals surface area contributed by atoms with Crippen LogP contribution in [0.5, 0.6) is 0 Å². The van der Waals surface area contributed by atoms with Crippen molar-refractivity contribution in [2.45, 2.75) is 70.4 Å². The number of amides is 1. The summed E-state index contributed by atoms with van der Waals surface area (Å²) in [4.78, 5) is 12.2. The zero-order valence-electron chi connectivity index (χ0n) is 12.4. The Kier molecular flexibility index (Phi) is 3.59. The molecule has 0 radical (unpaired) electrons. The molecule has 0 aromatic carbocycles. The molecule has 0 heterocycles. The molecule has 0 aliphatic heterocycles. The topological polar surface area (TPSA) is 41.1 Å². The molecule has 4 fully saturated rings. The van der Waals surface area contributed by atoms with Crippen molar-refractivity contribution in [3.63, 3.8) is 0 Å². The number of nitrogens with one attached hydrogen (secondary N) is 2. The molecule has 1 amide bonds. The molecule has 0 saturated heterocycles. The molecule has 0 unspecified atom stereocenters. The Morgan fingerprint density at radius 2 is 1.63 bits per heavy atom. The normalized spacial score (nSPS) is 39.8. The molecule has 108 valence electrons. The first-order valence-corrected chi connectivity index (χ1v) is 8.09. The molecule has 0 aromatic rings. The molecule has 0 aromatic heterocycles. The largest absolute Gasteiger partial charge is 0.351 e. The van der Waals surface area contributed by atoms with Crippen molar-refractivity contribution in [3.05, 3.63) is 0 Å². The number of carbonyl (C=O) groups excluding carboxylic acids is 1. The highest BCUT2D eigenvalue weighted by atomic mass is 16.1. The molecule has 4 aliphatic rings. The SMILES string of the molecule is CC(C)NCCC(=O)NC12CC3CC(CC(C3)C1)C2. The van der Waals surface area contributed by atoms with E-state index in [-0.39, 0.29) is 11.4 Å². The van der Waals surface area contributed by atoms with Crippen LogP contribution in [0.3, 0.4) is 0 Å². The summed E-state index contributed by atoms with van der Waals surface area (Å²) in [5.74, 6) is 2.97. The van der Waals surface area contributed by atoms with Crippen LogP contribution in [0.1, 0.15) is 58.8 Å². The fourth-order valence-electron chi connectivity index (χ4n) is 5.10. The van der Waals surface area contributed by atoms with Gasteiger partial charge >= 0.3 is 0 Å². The lowest BCUT2D eigenvalue weighted by Gasteiger charge is -2.56. The number of hydrogen-bond acceptors (Lipinski definition) is 2. The summed E-state index contributed by atoms with van der Waals surface area (Å²) >= 11 is 0. The van der Waals surface area contributed by atoms with E-state index in [1.807, 2.05) is 0 Å². The van der Waals surface area contributed by atoms with E-state index in [0.29, 0.717) is 12.5 Å². The molecule has 3 heteroatoms. The van der Waals surface area contributed by atoms with Crippen LogP contribution in [0.15, 0.2) is 0 Å². The van der Waals surface area contributed by atoms with Crippen molar-refractivity contribution >= 4 is 5.91 Å². The second kappa shape index (κ2) is 5.08. The highest BCUT2D eigenvalue weighted by molar-refractivity contribution is 5.77. The molecule has 4 rings (SSSR count). The number of carbonyl (C=O) groups is 1. The van der Waals surface area contributed by atoms with E-state index in [4.69, 9.17) is 0 Å². The minimum Gasteiger partial charge on any atom is -0.351 e. The van der Waals surface area contributed by atoms with E-state index in [1.165, 1.54) is 38.5 Å². The van der Waals surface area contributed by atoms with Crippen molar-refractivity contribution in [1.82, 2.24) is 10.6 Å². The molecule has 3 nitrogen and oxygen atoms in total. The maximum absolute atomic E-state index is 12.2. The van der Waals surface area contributed by atoms with Gasteiger partial charge in [0.15, 0.2) is 0 Å². The Balaban J connectivity index is 1.53. The van der Waals surface area contributed by atoms with Crippen molar-refractivity contribution < 1.29 is 4.79 Å². The molecule has 19 heavy (non-hydrogen) atoms. The van der Waals surface area contributed by atoms with Gasteiger partial charge in [0, 0.05) is 24.5 Å². The summed E-state index contributed by atoms with van der Waals surface area (Å²) in [7, 11) is 0. The summed E-state index contributed by atoms with van der Waals surface area (Å²) in [6.45, 7) is 5.05. The van der Waals surface area contributed by atoms with Gasteiger partial charge in [-0.05, 0) is 56.3 Å². The van der Waals surface area contributed by atoms with Gasteiger partial charge in [-0.25, -0.2) is 0 Å². The third kappa shape index (κ3) is 2.96. The van der Waals surface area contributed by atoms with Crippen LogP contribution in [0.4, 0.5) is 0 Å². The molecule has 4 aliphatic carbocycles. The van der Waals surface area contributed by atoms with Crippen LogP contribution in [-0.2, 0) is 4.79 Å². The van der Waals surface area contributed by atoms with Gasteiger partial charge in [-0.15, -0.1) is 0 Å². The van der Waals surface area contributed by atoms with E-state index in [9.17, 15) is 4.79 Å². The molecule has 0 spiro atoms. The van der Waals surface area contributed by atoms with E-state index in [1.54, 1.807) is 0 Å². The van der Waals surface area contributed by atoms with E-state index < -0.39 is 0 Å². The van der Waals surface area contributed by atoms with Crippen molar-refractivity contribution in [2.75, 3.05) is 6.54 Å². The predicted molar refractivity (Wildman–Crippen MR) is 76.8 cm³/mol. The van der Waals surface area contributed by atoms with Crippen molar-refractivity contribution in [1.29, 1.82) is 0 Å². The summed E-state index contributed by atoms with van der Waals surface area (Å²) in [6.07, 6.45) is 8.69. The second-order valence-corrected chi connectivity index (χ2v) is 7.60. The average Bonchev–Trinajstić information content (AvgIpc) is 2.25. The lowest BCUT2D eigenvalue weighted by molar-refractivity contribution is -0.126. The van der Waals surface area contributed by atoms with Crippen molar-refractivity contribution in [2.24, 2.45) is 17.8 Å². The van der Waals surface area contributed by atoms with E-state index >= 15 is 0 Å². The summed E-state index contributed by atoms with van der Waals surface area (Å²) in [5.41, 5.74) is 0.184. The van der Waals surface area contributed by atoms with Crippen LogP contribution in [-0.4, -0.2) is 24.0 Å². The highest BCUT2D eigenvalue weighted by Gasteiger charge is 2.51. The minimum absolute atomic E-state index is 0.184. The summed E-state index contributed by atoms with van der Waals surface area (Å²) < 4.78 is 0. The van der Waals surface area contributed by atoms with Crippen LogP contribution < -0.4 is 10.6 Å². The highest BCUT2D eigenvalue weighted by Crippen LogP contribution is 2.55. The number of hydrogen-bond donors (Lipinski definition) is 2. The smallest absolute Gasteiger partial charge is 0.221 e. The Morgan fingerprint density at radius 3 is 2.11 bits per heavy atom. The van der Waals surface area contributed by atoms with Gasteiger partial charge in [-0.2, -0.15) is 0 Å². The molecule has 2 N–H and O–H groups in total. The maximum atomic E-state index is 12.2. The molecular formula is C16H28N2O. The standard InChI is InChI=1S/C16H28N2O/c1-11(2)17-4-3-15(19)18-16-8-12-5-13(9-16)7-14(6-12)10-16/h11-14,17H,3-10H2,1-2H3,(H,18,19). The monoisotopic (exact) mass is 264 g/mol. The predicted octanol–water partition coefficient (Wildman–Crippen LogP) is 2.46. The number of rotatable bonds is 5. The fraction of sp³-hybridized carbons (Fsp3) is 0.938. The van der Waals surface area contributed by atoms with Gasteiger partial charge in [-0.1, -0.05) is 13.8 Å². The van der Waals surface area contributed by atoms with Crippen LogP contribution >= 0.6 is 0 Å². The van der Waals surface area contributed by atoms with Crippen LogP contribution in [0.25, 0.3) is 0 Å². The molecule has 4 saturated carbocycles. The first kappa shape index (κ1) is 13.4. The molecular weight excluding hydrogens is 236 g/mol. The fourth-order valence-corrected chi connectivity index (χ4v) is 5.10. The van der Waals surface area contributed by atoms with Crippen molar-refractivity contribution in [3.8, 4) is 0 Å². The lowest BCUT2D eigenvalue weighted by Crippen LogP contribution is -2.60. The van der Waals surface area contributed by atoms with Gasteiger partial charge in [0.2, 0.25) is 5.91 Å². The van der Waals surface area contributed by atoms with Crippen LogP contribution in [0, 0.1) is 17.8 Å². The summed E-state index contributed by atoms with van der Waals surface area (Å²) in [5, 5.41) is 6.74. The second-order valence-electron chi connectivity index (χ2n) is 7.60. The van der Waals surface area contributed by atoms with Crippen LogP contribution in [0.2, 0.25) is 0 Å². The molecule has 0 atom stereocenters. The average molecular weight is 264 g/mol.